The maximum atomic E-state index is 10.8. The molecule has 0 aromatic heterocycles. The standard InChI is InChI=1S/C9H8BrNO3/c10-7-1-5(2-11)8-9(6(7)3-12)14-4-13-8/h1,3H,2,4,11H2. The molecule has 1 aromatic rings. The monoisotopic (exact) mass is 257 g/mol. The Bertz CT molecular complexity index is 392. The lowest BCUT2D eigenvalue weighted by atomic mass is 10.1. The molecule has 0 amide bonds. The summed E-state index contributed by atoms with van der Waals surface area (Å²) >= 11 is 3.28. The van der Waals surface area contributed by atoms with Gasteiger partial charge < -0.3 is 15.2 Å². The van der Waals surface area contributed by atoms with Gasteiger partial charge in [-0.3, -0.25) is 4.79 Å². The van der Waals surface area contributed by atoms with Crippen molar-refractivity contribution < 1.29 is 14.3 Å². The van der Waals surface area contributed by atoms with E-state index >= 15 is 0 Å². The molecule has 1 heterocycles. The lowest BCUT2D eigenvalue weighted by Crippen LogP contribution is -1.99. The average Bonchev–Trinajstić information content (AvgIpc) is 2.65. The third-order valence-corrected chi connectivity index (χ3v) is 2.70. The number of aldehydes is 1. The summed E-state index contributed by atoms with van der Waals surface area (Å²) in [6, 6.07) is 1.78. The van der Waals surface area contributed by atoms with Crippen LogP contribution in [0, 0.1) is 0 Å². The first-order valence-corrected chi connectivity index (χ1v) is 4.83. The minimum absolute atomic E-state index is 0.139. The lowest BCUT2D eigenvalue weighted by molar-refractivity contribution is 0.111. The molecule has 1 aliphatic heterocycles. The Morgan fingerprint density at radius 2 is 2.21 bits per heavy atom. The molecule has 1 aromatic carbocycles. The number of ether oxygens (including phenoxy) is 2. The van der Waals surface area contributed by atoms with Crippen molar-refractivity contribution in [2.45, 2.75) is 6.54 Å². The van der Waals surface area contributed by atoms with Gasteiger partial charge in [0.2, 0.25) is 6.79 Å². The van der Waals surface area contributed by atoms with E-state index in [0.717, 1.165) is 11.8 Å². The smallest absolute Gasteiger partial charge is 0.231 e. The molecule has 0 fully saturated rings. The molecule has 0 atom stereocenters. The molecule has 4 nitrogen and oxygen atoms in total. The van der Waals surface area contributed by atoms with E-state index in [4.69, 9.17) is 15.2 Å². The summed E-state index contributed by atoms with van der Waals surface area (Å²) in [6.07, 6.45) is 0.734. The Morgan fingerprint density at radius 1 is 1.50 bits per heavy atom. The van der Waals surface area contributed by atoms with Crippen molar-refractivity contribution in [1.29, 1.82) is 0 Å². The molecule has 0 saturated carbocycles. The van der Waals surface area contributed by atoms with E-state index in [-0.39, 0.29) is 6.79 Å². The number of carbonyl (C=O) groups excluding carboxylic acids is 1. The van der Waals surface area contributed by atoms with Crippen molar-refractivity contribution in [3.63, 3.8) is 0 Å². The van der Waals surface area contributed by atoms with Crippen LogP contribution >= 0.6 is 15.9 Å². The van der Waals surface area contributed by atoms with Crippen molar-refractivity contribution in [2.24, 2.45) is 5.73 Å². The highest BCUT2D eigenvalue weighted by molar-refractivity contribution is 9.10. The number of hydrogen-bond acceptors (Lipinski definition) is 4. The summed E-state index contributed by atoms with van der Waals surface area (Å²) in [5, 5.41) is 0. The number of fused-ring (bicyclic) bond motifs is 1. The van der Waals surface area contributed by atoms with Crippen LogP contribution in [0.5, 0.6) is 11.5 Å². The summed E-state index contributed by atoms with van der Waals surface area (Å²) in [5.74, 6) is 1.06. The summed E-state index contributed by atoms with van der Waals surface area (Å²) < 4.78 is 11.1. The zero-order valence-electron chi connectivity index (χ0n) is 7.25. The van der Waals surface area contributed by atoms with E-state index in [1.807, 2.05) is 0 Å². The number of carbonyl (C=O) groups is 1. The van der Waals surface area contributed by atoms with Gasteiger partial charge in [-0.1, -0.05) is 0 Å². The highest BCUT2D eigenvalue weighted by Crippen LogP contribution is 2.41. The van der Waals surface area contributed by atoms with Crippen LogP contribution in [0.4, 0.5) is 0 Å². The minimum Gasteiger partial charge on any atom is -0.453 e. The molecular weight excluding hydrogens is 250 g/mol. The van der Waals surface area contributed by atoms with Crippen LogP contribution in [0.1, 0.15) is 15.9 Å². The fourth-order valence-electron chi connectivity index (χ4n) is 1.38. The second-order valence-electron chi connectivity index (χ2n) is 2.82. The second-order valence-corrected chi connectivity index (χ2v) is 3.67. The fraction of sp³-hybridized carbons (Fsp3) is 0.222. The van der Waals surface area contributed by atoms with Crippen LogP contribution in [-0.4, -0.2) is 13.1 Å². The molecule has 2 rings (SSSR count). The first-order chi connectivity index (χ1) is 6.77. The Morgan fingerprint density at radius 3 is 2.86 bits per heavy atom. The van der Waals surface area contributed by atoms with Crippen LogP contribution in [0.15, 0.2) is 10.5 Å². The van der Waals surface area contributed by atoms with E-state index < -0.39 is 0 Å². The molecule has 0 spiro atoms. The Balaban J connectivity index is 2.67. The molecule has 0 saturated heterocycles. The highest BCUT2D eigenvalue weighted by atomic mass is 79.9. The Kier molecular flexibility index (Phi) is 2.43. The summed E-state index contributed by atoms with van der Waals surface area (Å²) in [7, 11) is 0. The third kappa shape index (κ3) is 1.29. The lowest BCUT2D eigenvalue weighted by Gasteiger charge is -2.06. The molecule has 0 aliphatic carbocycles. The van der Waals surface area contributed by atoms with Crippen molar-refractivity contribution in [1.82, 2.24) is 0 Å². The maximum absolute atomic E-state index is 10.8. The number of benzene rings is 1. The minimum atomic E-state index is 0.139. The quantitative estimate of drug-likeness (QED) is 0.815. The maximum Gasteiger partial charge on any atom is 0.231 e. The van der Waals surface area contributed by atoms with Gasteiger partial charge in [0.25, 0.3) is 0 Å². The molecule has 0 unspecified atom stereocenters. The fourth-order valence-corrected chi connectivity index (χ4v) is 1.93. The molecule has 0 radical (unpaired) electrons. The van der Waals surface area contributed by atoms with Crippen LogP contribution in [-0.2, 0) is 6.54 Å². The molecule has 5 heteroatoms. The molecule has 1 aliphatic rings. The zero-order chi connectivity index (χ0) is 10.1. The summed E-state index contributed by atoms with van der Waals surface area (Å²) in [4.78, 5) is 10.8. The van der Waals surface area contributed by atoms with Gasteiger partial charge in [-0.15, -0.1) is 0 Å². The predicted octanol–water partition coefficient (Wildman–Crippen LogP) is 1.45. The van der Waals surface area contributed by atoms with E-state index in [1.54, 1.807) is 6.07 Å². The van der Waals surface area contributed by atoms with Gasteiger partial charge in [0.05, 0.1) is 5.56 Å². The van der Waals surface area contributed by atoms with Crippen molar-refractivity contribution in [2.75, 3.05) is 6.79 Å². The number of nitrogens with two attached hydrogens (primary N) is 1. The number of hydrogen-bond donors (Lipinski definition) is 1. The van der Waals surface area contributed by atoms with Crippen molar-refractivity contribution in [3.8, 4) is 11.5 Å². The largest absolute Gasteiger partial charge is 0.453 e. The van der Waals surface area contributed by atoms with Gasteiger partial charge in [-0.05, 0) is 22.0 Å². The van der Waals surface area contributed by atoms with E-state index in [1.165, 1.54) is 0 Å². The molecule has 2 N–H and O–H groups in total. The van der Waals surface area contributed by atoms with Gasteiger partial charge in [0, 0.05) is 16.6 Å². The van der Waals surface area contributed by atoms with Crippen LogP contribution in [0.3, 0.4) is 0 Å². The second kappa shape index (κ2) is 3.59. The molecule has 74 valence electrons. The van der Waals surface area contributed by atoms with Crippen molar-refractivity contribution >= 4 is 22.2 Å². The summed E-state index contributed by atoms with van der Waals surface area (Å²) in [6.45, 7) is 0.489. The van der Waals surface area contributed by atoms with Gasteiger partial charge >= 0.3 is 0 Å². The zero-order valence-corrected chi connectivity index (χ0v) is 8.83. The first kappa shape index (κ1) is 9.48. The van der Waals surface area contributed by atoms with Crippen LogP contribution < -0.4 is 15.2 Å². The molecule has 14 heavy (non-hydrogen) atoms. The van der Waals surface area contributed by atoms with E-state index in [0.29, 0.717) is 28.1 Å². The van der Waals surface area contributed by atoms with Gasteiger partial charge in [0.15, 0.2) is 17.8 Å². The first-order valence-electron chi connectivity index (χ1n) is 4.04. The number of halogens is 1. The van der Waals surface area contributed by atoms with Crippen LogP contribution in [0.25, 0.3) is 0 Å². The SMILES string of the molecule is NCc1cc(Br)c(C=O)c2c1OCO2. The van der Waals surface area contributed by atoms with Crippen molar-refractivity contribution in [3.05, 3.63) is 21.7 Å². The Labute approximate surface area is 89.1 Å². The average molecular weight is 258 g/mol. The predicted molar refractivity (Wildman–Crippen MR) is 53.5 cm³/mol. The topological polar surface area (TPSA) is 61.6 Å². The highest BCUT2D eigenvalue weighted by Gasteiger charge is 2.23. The van der Waals surface area contributed by atoms with Crippen LogP contribution in [0.2, 0.25) is 0 Å². The van der Waals surface area contributed by atoms with Gasteiger partial charge in [0.1, 0.15) is 0 Å². The summed E-state index contributed by atoms with van der Waals surface area (Å²) in [5.41, 5.74) is 6.83. The van der Waals surface area contributed by atoms with E-state index in [2.05, 4.69) is 15.9 Å². The van der Waals surface area contributed by atoms with E-state index in [9.17, 15) is 4.79 Å². The normalized spacial score (nSPS) is 13.0. The van der Waals surface area contributed by atoms with Gasteiger partial charge in [-0.25, -0.2) is 0 Å². The molecule has 0 bridgehead atoms. The van der Waals surface area contributed by atoms with Gasteiger partial charge in [-0.2, -0.15) is 0 Å². The molecular formula is C9H8BrNO3. The number of rotatable bonds is 2. The third-order valence-electron chi connectivity index (χ3n) is 2.05. The Hall–Kier alpha value is -1.07.